The number of hydrogen-bond donors (Lipinski definition) is 0. The minimum Gasteiger partial charge on any atom is -0.458 e. The number of fused-ring (bicyclic) bond motifs is 12. The maximum atomic E-state index is 7.08. The van der Waals surface area contributed by atoms with Gasteiger partial charge < -0.3 is 23.7 Å². The minimum atomic E-state index is -0.137. The highest BCUT2D eigenvalue weighted by Crippen LogP contribution is 2.45. The molecule has 0 unspecified atom stereocenters. The standard InChI is InChI=1S/C54H46B3NO5S/c1-27-15-39-50-45(16-27)62-43-26-44-37(57-34-22-31(54(7,8)9)12-14-41(34)60-47-18-29(3)20-49(63-44)52(47)57)24-36(43)55(50)32-23-35-42(25-38(32)58(39)64-10)61-48-19-28(2)17-46-51(48)56(35)33-21-30(53(4,5)6)11-13-40(33)59-46/h11-26H,1-10H3. The number of hydrogen-bond acceptors (Lipinski definition) is 7. The zero-order valence-corrected chi connectivity index (χ0v) is 38.7. The molecule has 7 aromatic rings. The summed E-state index contributed by atoms with van der Waals surface area (Å²) in [5.74, 6) is 8.55. The van der Waals surface area contributed by atoms with E-state index in [2.05, 4.69) is 170 Å². The lowest BCUT2D eigenvalue weighted by molar-refractivity contribution is 0.455. The Morgan fingerprint density at radius 1 is 0.375 bits per heavy atom. The number of benzene rings is 7. The first kappa shape index (κ1) is 38.4. The zero-order valence-electron chi connectivity index (χ0n) is 37.9. The normalized spacial score (nSPS) is 15.0. The van der Waals surface area contributed by atoms with Gasteiger partial charge in [-0.2, -0.15) is 0 Å². The SMILES string of the molecule is CSN1c2cc3c(cc2B2c4cc5c(cc4Oc4cc(C)cc1c42)Oc1cc(C)cc2c1B5c1cc(C(C)(C)C)ccc1O2)B1c2cc(C(C)(C)C)ccc2Oc2cc(C)cc(c21)O3. The van der Waals surface area contributed by atoms with Crippen molar-refractivity contribution in [1.82, 2.24) is 0 Å². The van der Waals surface area contributed by atoms with Crippen LogP contribution in [0, 0.1) is 20.8 Å². The molecule has 0 atom stereocenters. The molecule has 0 aromatic heterocycles. The van der Waals surface area contributed by atoms with Crippen molar-refractivity contribution in [2.75, 3.05) is 10.6 Å². The van der Waals surface area contributed by atoms with E-state index >= 15 is 0 Å². The smallest absolute Gasteiger partial charge is 0.260 e. The summed E-state index contributed by atoms with van der Waals surface area (Å²) in [4.78, 5) is 0. The van der Waals surface area contributed by atoms with Gasteiger partial charge in [0.15, 0.2) is 0 Å². The first-order valence-corrected chi connectivity index (χ1v) is 23.6. The van der Waals surface area contributed by atoms with E-state index < -0.39 is 0 Å². The summed E-state index contributed by atoms with van der Waals surface area (Å²) in [7, 11) is 0. The van der Waals surface area contributed by atoms with Gasteiger partial charge in [0, 0.05) is 29.3 Å². The fourth-order valence-corrected chi connectivity index (χ4v) is 11.9. The maximum absolute atomic E-state index is 7.08. The van der Waals surface area contributed by atoms with Gasteiger partial charge in [-0.25, -0.2) is 0 Å². The summed E-state index contributed by atoms with van der Waals surface area (Å²) in [6.07, 6.45) is 2.16. The zero-order chi connectivity index (χ0) is 43.9. The van der Waals surface area contributed by atoms with E-state index in [0.29, 0.717) is 0 Å². The van der Waals surface area contributed by atoms with Crippen LogP contribution in [-0.2, 0) is 10.8 Å². The lowest BCUT2D eigenvalue weighted by Gasteiger charge is -2.41. The molecule has 0 amide bonds. The molecule has 0 saturated heterocycles. The van der Waals surface area contributed by atoms with Gasteiger partial charge in [0.25, 0.3) is 20.1 Å². The molecule has 0 spiro atoms. The Bertz CT molecular complexity index is 3300. The van der Waals surface area contributed by atoms with Crippen LogP contribution in [0.3, 0.4) is 0 Å². The Kier molecular flexibility index (Phi) is 7.66. The third-order valence-electron chi connectivity index (χ3n) is 14.3. The molecule has 6 heterocycles. The molecule has 6 aliphatic rings. The molecule has 6 aliphatic heterocycles. The van der Waals surface area contributed by atoms with Gasteiger partial charge in [-0.3, -0.25) is 4.31 Å². The second-order valence-electron chi connectivity index (χ2n) is 20.7. The van der Waals surface area contributed by atoms with E-state index in [0.717, 1.165) is 118 Å². The van der Waals surface area contributed by atoms with Gasteiger partial charge in [0.1, 0.15) is 57.5 Å². The summed E-state index contributed by atoms with van der Waals surface area (Å²) < 4.78 is 36.9. The van der Waals surface area contributed by atoms with Crippen molar-refractivity contribution in [2.24, 2.45) is 0 Å². The van der Waals surface area contributed by atoms with Crippen molar-refractivity contribution >= 4 is 92.6 Å². The summed E-state index contributed by atoms with van der Waals surface area (Å²) in [6.45, 7) is 19.7. The quantitative estimate of drug-likeness (QED) is 0.123. The van der Waals surface area contributed by atoms with E-state index in [9.17, 15) is 0 Å². The molecule has 7 aromatic carbocycles. The molecule has 0 radical (unpaired) electrons. The topological polar surface area (TPSA) is 49.4 Å². The largest absolute Gasteiger partial charge is 0.458 e. The highest BCUT2D eigenvalue weighted by molar-refractivity contribution is 8.00. The third kappa shape index (κ3) is 5.32. The van der Waals surface area contributed by atoms with E-state index in [4.69, 9.17) is 23.7 Å². The summed E-state index contributed by atoms with van der Waals surface area (Å²) in [5, 5.41) is 0. The number of anilines is 2. The van der Waals surface area contributed by atoms with Crippen LogP contribution in [0.25, 0.3) is 0 Å². The van der Waals surface area contributed by atoms with Crippen LogP contribution in [0.4, 0.5) is 11.4 Å². The van der Waals surface area contributed by atoms with Crippen molar-refractivity contribution in [2.45, 2.75) is 73.1 Å². The first-order chi connectivity index (χ1) is 30.6. The number of rotatable bonds is 1. The molecule has 10 heteroatoms. The third-order valence-corrected chi connectivity index (χ3v) is 15.0. The Morgan fingerprint density at radius 3 is 1.20 bits per heavy atom. The Hall–Kier alpha value is -6.12. The minimum absolute atomic E-state index is 0.0413. The van der Waals surface area contributed by atoms with Crippen molar-refractivity contribution in [3.63, 3.8) is 0 Å². The average molecular weight is 853 g/mol. The van der Waals surface area contributed by atoms with Gasteiger partial charge >= 0.3 is 0 Å². The van der Waals surface area contributed by atoms with E-state index in [-0.39, 0.29) is 31.0 Å². The summed E-state index contributed by atoms with van der Waals surface area (Å²) >= 11 is 1.71. The Labute approximate surface area is 380 Å². The van der Waals surface area contributed by atoms with Gasteiger partial charge in [0.2, 0.25) is 0 Å². The van der Waals surface area contributed by atoms with E-state index in [1.54, 1.807) is 11.9 Å². The molecule has 0 saturated carbocycles. The van der Waals surface area contributed by atoms with Crippen molar-refractivity contribution in [3.8, 4) is 57.5 Å². The fraction of sp³-hybridized carbons (Fsp3) is 0.222. The molecule has 312 valence electrons. The molecule has 64 heavy (non-hydrogen) atoms. The van der Waals surface area contributed by atoms with Gasteiger partial charge in [-0.15, -0.1) is 0 Å². The molecule has 0 bridgehead atoms. The molecule has 0 aliphatic carbocycles. The van der Waals surface area contributed by atoms with Crippen molar-refractivity contribution in [1.29, 1.82) is 0 Å². The van der Waals surface area contributed by atoms with Crippen molar-refractivity contribution in [3.05, 3.63) is 125 Å². The van der Waals surface area contributed by atoms with Crippen LogP contribution in [0.5, 0.6) is 57.5 Å². The highest BCUT2D eigenvalue weighted by atomic mass is 32.2. The number of aryl methyl sites for hydroxylation is 3. The van der Waals surface area contributed by atoms with E-state index in [1.807, 2.05) is 0 Å². The van der Waals surface area contributed by atoms with Crippen LogP contribution in [0.1, 0.15) is 69.4 Å². The van der Waals surface area contributed by atoms with E-state index in [1.165, 1.54) is 27.5 Å². The fourth-order valence-electron chi connectivity index (χ4n) is 11.2. The van der Waals surface area contributed by atoms with Crippen LogP contribution < -0.4 is 77.2 Å². The summed E-state index contributed by atoms with van der Waals surface area (Å²) in [6, 6.07) is 35.9. The lowest BCUT2D eigenvalue weighted by atomic mass is 9.30. The van der Waals surface area contributed by atoms with Crippen LogP contribution >= 0.6 is 11.9 Å². The lowest BCUT2D eigenvalue weighted by Crippen LogP contribution is -2.64. The highest BCUT2D eigenvalue weighted by Gasteiger charge is 2.48. The van der Waals surface area contributed by atoms with Crippen molar-refractivity contribution < 1.29 is 23.7 Å². The predicted molar refractivity (Wildman–Crippen MR) is 267 cm³/mol. The molecule has 0 fully saturated rings. The first-order valence-electron chi connectivity index (χ1n) is 22.4. The number of nitrogens with zero attached hydrogens (tertiary/aromatic N) is 1. The second-order valence-corrected chi connectivity index (χ2v) is 21.4. The van der Waals surface area contributed by atoms with Gasteiger partial charge in [-0.05, 0) is 158 Å². The van der Waals surface area contributed by atoms with Crippen LogP contribution in [-0.4, -0.2) is 26.4 Å². The summed E-state index contributed by atoms with van der Waals surface area (Å²) in [5.41, 5.74) is 18.3. The molecule has 0 N–H and O–H groups in total. The van der Waals surface area contributed by atoms with Crippen LogP contribution in [0.2, 0.25) is 0 Å². The molecular formula is C54H46B3NO5S. The van der Waals surface area contributed by atoms with Crippen LogP contribution in [0.15, 0.2) is 97.1 Å². The molecular weight excluding hydrogens is 807 g/mol. The molecule has 13 rings (SSSR count). The van der Waals surface area contributed by atoms with Gasteiger partial charge in [0.05, 0.1) is 11.4 Å². The predicted octanol–water partition coefficient (Wildman–Crippen LogP) is 8.01. The number of ether oxygens (including phenoxy) is 5. The second kappa shape index (κ2) is 12.8. The Morgan fingerprint density at radius 2 is 0.750 bits per heavy atom. The monoisotopic (exact) mass is 853 g/mol. The average Bonchev–Trinajstić information content (AvgIpc) is 3.23. The maximum Gasteiger partial charge on any atom is 0.260 e. The Balaban J connectivity index is 1.06. The molecule has 6 nitrogen and oxygen atoms in total. The van der Waals surface area contributed by atoms with Gasteiger partial charge in [-0.1, -0.05) is 77.9 Å².